The third kappa shape index (κ3) is 7.07. The summed E-state index contributed by atoms with van der Waals surface area (Å²) in [6, 6.07) is 4.87. The van der Waals surface area contributed by atoms with Crippen molar-refractivity contribution in [1.29, 1.82) is 0 Å². The lowest BCUT2D eigenvalue weighted by Crippen LogP contribution is -2.56. The van der Waals surface area contributed by atoms with Gasteiger partial charge in [-0.05, 0) is 37.3 Å². The predicted molar refractivity (Wildman–Crippen MR) is 134 cm³/mol. The summed E-state index contributed by atoms with van der Waals surface area (Å²) in [6.45, 7) is 7.53. The molecule has 1 aliphatic rings. The third-order valence-electron chi connectivity index (χ3n) is 6.25. The molecular weight excluding hydrogens is 446 g/mol. The number of aromatic amines is 1. The fourth-order valence-corrected chi connectivity index (χ4v) is 4.51. The number of hydrogen-bond donors (Lipinski definition) is 5. The highest BCUT2D eigenvalue weighted by molar-refractivity contribution is 5.95. The van der Waals surface area contributed by atoms with Gasteiger partial charge in [-0.25, -0.2) is 0 Å². The summed E-state index contributed by atoms with van der Waals surface area (Å²) in [6.07, 6.45) is 3.83. The molecule has 0 spiro atoms. The van der Waals surface area contributed by atoms with E-state index in [0.29, 0.717) is 19.3 Å². The second-order valence-electron chi connectivity index (χ2n) is 9.80. The molecule has 3 rings (SSSR count). The van der Waals surface area contributed by atoms with E-state index in [0.717, 1.165) is 16.5 Å². The molecule has 2 heterocycles. The minimum absolute atomic E-state index is 0.0493. The zero-order valence-electron chi connectivity index (χ0n) is 20.9. The average molecular weight is 484 g/mol. The largest absolute Gasteiger partial charge is 0.361 e. The van der Waals surface area contributed by atoms with Crippen molar-refractivity contribution in [2.45, 2.75) is 84.0 Å². The van der Waals surface area contributed by atoms with Crippen LogP contribution in [0.2, 0.25) is 0 Å². The van der Waals surface area contributed by atoms with Crippen LogP contribution in [0.4, 0.5) is 0 Å². The first-order valence-electron chi connectivity index (χ1n) is 12.4. The Balaban J connectivity index is 1.94. The van der Waals surface area contributed by atoms with Crippen molar-refractivity contribution in [3.8, 4) is 0 Å². The van der Waals surface area contributed by atoms with Gasteiger partial charge in [-0.1, -0.05) is 45.4 Å². The minimum atomic E-state index is -0.867. The molecule has 1 fully saturated rings. The summed E-state index contributed by atoms with van der Waals surface area (Å²) in [5.74, 6) is -1.29. The van der Waals surface area contributed by atoms with Gasteiger partial charge in [-0.2, -0.15) is 0 Å². The zero-order chi connectivity index (χ0) is 25.5. The highest BCUT2D eigenvalue weighted by atomic mass is 16.2. The van der Waals surface area contributed by atoms with Crippen LogP contribution in [0.1, 0.15) is 58.9 Å². The van der Waals surface area contributed by atoms with Gasteiger partial charge in [0.1, 0.15) is 18.1 Å². The summed E-state index contributed by atoms with van der Waals surface area (Å²) in [7, 11) is 0. The molecule has 1 aromatic carbocycles. The summed E-state index contributed by atoms with van der Waals surface area (Å²) in [4.78, 5) is 55.3. The highest BCUT2D eigenvalue weighted by Gasteiger charge is 2.31. The maximum Gasteiger partial charge on any atom is 0.243 e. The lowest BCUT2D eigenvalue weighted by Gasteiger charge is -2.25. The maximum atomic E-state index is 13.5. The van der Waals surface area contributed by atoms with Crippen LogP contribution in [-0.4, -0.2) is 52.8 Å². The zero-order valence-corrected chi connectivity index (χ0v) is 20.9. The molecule has 35 heavy (non-hydrogen) atoms. The molecule has 1 aliphatic heterocycles. The van der Waals surface area contributed by atoms with E-state index in [1.54, 1.807) is 6.92 Å². The van der Waals surface area contributed by atoms with Gasteiger partial charge in [-0.3, -0.25) is 19.2 Å². The van der Waals surface area contributed by atoms with Gasteiger partial charge < -0.3 is 26.3 Å². The van der Waals surface area contributed by atoms with Crippen molar-refractivity contribution in [3.05, 3.63) is 36.0 Å². The van der Waals surface area contributed by atoms with Gasteiger partial charge in [0.15, 0.2) is 0 Å². The van der Waals surface area contributed by atoms with Gasteiger partial charge in [0, 0.05) is 36.0 Å². The molecule has 4 amide bonds. The molecule has 0 bridgehead atoms. The van der Waals surface area contributed by atoms with Crippen LogP contribution in [0, 0.1) is 5.92 Å². The number of carbonyl (C=O) groups is 4. The summed E-state index contributed by atoms with van der Waals surface area (Å²) in [5.41, 5.74) is 1.84. The van der Waals surface area contributed by atoms with Crippen molar-refractivity contribution in [2.75, 3.05) is 0 Å². The fourth-order valence-electron chi connectivity index (χ4n) is 4.51. The van der Waals surface area contributed by atoms with Crippen LogP contribution in [0.5, 0.6) is 0 Å². The summed E-state index contributed by atoms with van der Waals surface area (Å²) >= 11 is 0. The van der Waals surface area contributed by atoms with Crippen LogP contribution in [-0.2, 0) is 25.6 Å². The maximum absolute atomic E-state index is 13.5. The molecule has 1 unspecified atom stereocenters. The van der Waals surface area contributed by atoms with Gasteiger partial charge >= 0.3 is 0 Å². The number of carbonyl (C=O) groups excluding carboxylic acids is 4. The smallest absolute Gasteiger partial charge is 0.243 e. The molecule has 1 saturated heterocycles. The van der Waals surface area contributed by atoms with E-state index in [9.17, 15) is 19.2 Å². The second-order valence-corrected chi connectivity index (χ2v) is 9.80. The Morgan fingerprint density at radius 1 is 0.914 bits per heavy atom. The van der Waals surface area contributed by atoms with Crippen molar-refractivity contribution < 1.29 is 19.2 Å². The monoisotopic (exact) mass is 483 g/mol. The highest BCUT2D eigenvalue weighted by Crippen LogP contribution is 2.20. The molecule has 0 aliphatic carbocycles. The number of aromatic nitrogens is 1. The number of hydrogen-bond acceptors (Lipinski definition) is 4. The van der Waals surface area contributed by atoms with E-state index in [1.807, 2.05) is 51.2 Å². The Bertz CT molecular complexity index is 1060. The number of para-hydroxylation sites is 1. The van der Waals surface area contributed by atoms with E-state index in [-0.39, 0.29) is 30.6 Å². The molecule has 190 valence electrons. The number of fused-ring (bicyclic) bond motifs is 1. The first-order chi connectivity index (χ1) is 16.7. The molecule has 5 N–H and O–H groups in total. The molecule has 9 nitrogen and oxygen atoms in total. The number of amides is 4. The van der Waals surface area contributed by atoms with E-state index < -0.39 is 36.0 Å². The Kier molecular flexibility index (Phi) is 8.89. The van der Waals surface area contributed by atoms with Gasteiger partial charge in [0.25, 0.3) is 0 Å². The van der Waals surface area contributed by atoms with Crippen LogP contribution in [0.25, 0.3) is 10.9 Å². The summed E-state index contributed by atoms with van der Waals surface area (Å²) < 4.78 is 0. The molecule has 4 atom stereocenters. The first-order valence-corrected chi connectivity index (χ1v) is 12.4. The van der Waals surface area contributed by atoms with Crippen LogP contribution < -0.4 is 21.3 Å². The molecule has 0 radical (unpaired) electrons. The van der Waals surface area contributed by atoms with E-state index in [4.69, 9.17) is 0 Å². The standard InChI is InChI=1S/C26H37N5O4/c1-5-8-21-25(34)31-22(12-17-14-27-20-10-7-6-9-19(17)20)26(35)29-18(11-15(2)3)13-23(32)28-16(4)24(33)30-21/h6-7,9-10,14-16,18,21-22,27H,5,8,11-13H2,1-4H3,(H,28,32)(H,29,35)(H,30,33)(H,31,34)/t16-,18?,21-,22-/m0/s1. The van der Waals surface area contributed by atoms with Gasteiger partial charge in [-0.15, -0.1) is 0 Å². The van der Waals surface area contributed by atoms with Crippen LogP contribution in [0.3, 0.4) is 0 Å². The van der Waals surface area contributed by atoms with Crippen LogP contribution >= 0.6 is 0 Å². The van der Waals surface area contributed by atoms with Crippen molar-refractivity contribution in [1.82, 2.24) is 26.3 Å². The van der Waals surface area contributed by atoms with Gasteiger partial charge in [0.05, 0.1) is 0 Å². The van der Waals surface area contributed by atoms with Crippen molar-refractivity contribution >= 4 is 34.5 Å². The van der Waals surface area contributed by atoms with E-state index >= 15 is 0 Å². The average Bonchev–Trinajstić information content (AvgIpc) is 3.19. The number of rotatable bonds is 6. The van der Waals surface area contributed by atoms with Gasteiger partial charge in [0.2, 0.25) is 23.6 Å². The predicted octanol–water partition coefficient (Wildman–Crippen LogP) is 1.92. The van der Waals surface area contributed by atoms with E-state index in [1.165, 1.54) is 0 Å². The SMILES string of the molecule is CCC[C@@H]1NC(=O)[C@H](C)NC(=O)CC(CC(C)C)NC(=O)[C@H](Cc2c[nH]c3ccccc23)NC1=O. The van der Waals surface area contributed by atoms with Crippen molar-refractivity contribution in [3.63, 3.8) is 0 Å². The number of H-pyrrole nitrogens is 1. The Labute approximate surface area is 206 Å². The topological polar surface area (TPSA) is 132 Å². The molecular formula is C26H37N5O4. The third-order valence-corrected chi connectivity index (χ3v) is 6.25. The lowest BCUT2D eigenvalue weighted by molar-refractivity contribution is -0.133. The van der Waals surface area contributed by atoms with Crippen LogP contribution in [0.15, 0.2) is 30.5 Å². The Morgan fingerprint density at radius 2 is 1.60 bits per heavy atom. The Hall–Kier alpha value is -3.36. The quantitative estimate of drug-likeness (QED) is 0.429. The first kappa shape index (κ1) is 26.2. The lowest BCUT2D eigenvalue weighted by atomic mass is 9.99. The Morgan fingerprint density at radius 3 is 2.31 bits per heavy atom. The normalized spacial score (nSPS) is 24.6. The molecule has 2 aromatic rings. The molecule has 9 heteroatoms. The fraction of sp³-hybridized carbons (Fsp3) is 0.538. The minimum Gasteiger partial charge on any atom is -0.361 e. The van der Waals surface area contributed by atoms with Crippen molar-refractivity contribution in [2.24, 2.45) is 5.92 Å². The number of nitrogens with one attached hydrogen (secondary N) is 5. The summed E-state index contributed by atoms with van der Waals surface area (Å²) in [5, 5.41) is 12.3. The molecule has 1 aromatic heterocycles. The molecule has 0 saturated carbocycles. The number of benzene rings is 1. The van der Waals surface area contributed by atoms with E-state index in [2.05, 4.69) is 26.3 Å². The second kappa shape index (κ2) is 11.9.